The summed E-state index contributed by atoms with van der Waals surface area (Å²) in [5.41, 5.74) is 19.9. The van der Waals surface area contributed by atoms with Gasteiger partial charge in [-0.15, -0.1) is 0 Å². The first-order valence-corrected chi connectivity index (χ1v) is 22.2. The zero-order chi connectivity index (χ0) is 44.7. The third-order valence-corrected chi connectivity index (χ3v) is 13.1. The predicted octanol–water partition coefficient (Wildman–Crippen LogP) is 17.0. The van der Waals surface area contributed by atoms with E-state index >= 15 is 0 Å². The molecule has 1 aliphatic heterocycles. The lowest BCUT2D eigenvalue weighted by molar-refractivity contribution is 0.332. The van der Waals surface area contributed by atoms with Crippen molar-refractivity contribution in [1.29, 1.82) is 0 Å². The average Bonchev–Trinajstić information content (AvgIpc) is 3.20. The average molecular weight is 819 g/mol. The molecule has 62 heavy (non-hydrogen) atoms. The Balaban J connectivity index is 1.58. The number of nitrogens with zero attached hydrogens (tertiary/aromatic N) is 2. The van der Waals surface area contributed by atoms with Crippen molar-refractivity contribution in [2.45, 2.75) is 112 Å². The molecular weight excluding hydrogens is 753 g/mol. The second-order valence-corrected chi connectivity index (χ2v) is 19.8. The first-order chi connectivity index (χ1) is 29.3. The second kappa shape index (κ2) is 17.0. The Bertz CT molecular complexity index is 2690. The fraction of sp³-hybridized carbons (Fsp3) is 0.288. The zero-order valence-electron chi connectivity index (χ0n) is 39.3. The molecule has 0 unspecified atom stereocenters. The Labute approximate surface area is 373 Å². The molecule has 0 amide bonds. The number of hydrogen-bond acceptors (Lipinski definition) is 3. The van der Waals surface area contributed by atoms with E-state index < -0.39 is 0 Å². The Hall–Kier alpha value is -6.06. The Morgan fingerprint density at radius 2 is 1.24 bits per heavy atom. The lowest BCUT2D eigenvalue weighted by atomic mass is 9.63. The highest BCUT2D eigenvalue weighted by atomic mass is 16.5. The van der Waals surface area contributed by atoms with Crippen molar-refractivity contribution in [3.05, 3.63) is 196 Å². The largest absolute Gasteiger partial charge is 0.464 e. The van der Waals surface area contributed by atoms with Crippen LogP contribution in [0.5, 0.6) is 5.75 Å². The van der Waals surface area contributed by atoms with E-state index in [1.165, 1.54) is 45.5 Å². The fourth-order valence-corrected chi connectivity index (χ4v) is 9.15. The summed E-state index contributed by atoms with van der Waals surface area (Å²) >= 11 is 0. The van der Waals surface area contributed by atoms with Crippen molar-refractivity contribution in [3.63, 3.8) is 0 Å². The van der Waals surface area contributed by atoms with Crippen LogP contribution in [0.25, 0.3) is 11.6 Å². The molecule has 3 heteroatoms. The molecule has 0 fully saturated rings. The number of hydrogen-bond donors (Lipinski definition) is 0. The van der Waals surface area contributed by atoms with Gasteiger partial charge in [0.1, 0.15) is 5.75 Å². The van der Waals surface area contributed by atoms with E-state index in [0.717, 1.165) is 68.4 Å². The number of fused-ring (bicyclic) bond motifs is 2. The normalized spacial score (nSPS) is 16.5. The lowest BCUT2D eigenvalue weighted by Gasteiger charge is -2.43. The summed E-state index contributed by atoms with van der Waals surface area (Å²) < 4.78 is 6.31. The van der Waals surface area contributed by atoms with Crippen LogP contribution in [0.3, 0.4) is 0 Å². The molecule has 5 aromatic rings. The number of ether oxygens (including phenoxy) is 1. The molecule has 0 radical (unpaired) electrons. The third kappa shape index (κ3) is 8.55. The van der Waals surface area contributed by atoms with E-state index in [1.807, 2.05) is 30.4 Å². The molecule has 1 aliphatic carbocycles. The molecule has 1 heterocycles. The summed E-state index contributed by atoms with van der Waals surface area (Å²) in [5, 5.41) is 0. The van der Waals surface area contributed by atoms with Gasteiger partial charge in [-0.3, -0.25) is 0 Å². The van der Waals surface area contributed by atoms with Crippen molar-refractivity contribution >= 4 is 45.8 Å². The minimum absolute atomic E-state index is 0.0351. The topological polar surface area (TPSA) is 15.7 Å². The SMILES string of the molecule is C=C/C=C\C=Cc1ccc(C)c(N(c2cc3c(cc2C)C(C)(C)CCC3(C)C)c2cc(C)cc(N(c3cc(C(C)(C)C)ccc3C)c3cccc4c3C(=C)/C=C\C=C/O4)c2C)c1. The minimum Gasteiger partial charge on any atom is -0.464 e. The van der Waals surface area contributed by atoms with E-state index in [9.17, 15) is 0 Å². The molecule has 0 atom stereocenters. The fourth-order valence-electron chi connectivity index (χ4n) is 9.15. The molecule has 7 rings (SSSR count). The molecule has 0 aromatic heterocycles. The van der Waals surface area contributed by atoms with E-state index in [1.54, 1.807) is 12.3 Å². The van der Waals surface area contributed by atoms with Crippen LogP contribution in [0.15, 0.2) is 141 Å². The van der Waals surface area contributed by atoms with Gasteiger partial charge in [0.05, 0.1) is 23.3 Å². The van der Waals surface area contributed by atoms with Crippen LogP contribution in [-0.2, 0) is 16.2 Å². The number of allylic oxidation sites excluding steroid dienone is 8. The van der Waals surface area contributed by atoms with Gasteiger partial charge in [0.15, 0.2) is 0 Å². The molecular formula is C59H66N2O. The maximum Gasteiger partial charge on any atom is 0.136 e. The number of anilines is 6. The van der Waals surface area contributed by atoms with E-state index in [4.69, 9.17) is 4.74 Å². The van der Waals surface area contributed by atoms with Crippen LogP contribution >= 0.6 is 0 Å². The highest BCUT2D eigenvalue weighted by molar-refractivity contribution is 5.95. The van der Waals surface area contributed by atoms with Gasteiger partial charge in [-0.1, -0.05) is 141 Å². The molecule has 0 bridgehead atoms. The van der Waals surface area contributed by atoms with Crippen molar-refractivity contribution in [2.24, 2.45) is 0 Å². The number of benzene rings is 5. The molecule has 0 saturated heterocycles. The second-order valence-electron chi connectivity index (χ2n) is 19.8. The van der Waals surface area contributed by atoms with Gasteiger partial charge < -0.3 is 14.5 Å². The highest BCUT2D eigenvalue weighted by Gasteiger charge is 2.38. The summed E-state index contributed by atoms with van der Waals surface area (Å²) in [6.07, 6.45) is 20.1. The summed E-state index contributed by atoms with van der Waals surface area (Å²) in [6.45, 7) is 36.3. The predicted molar refractivity (Wildman–Crippen MR) is 270 cm³/mol. The standard InChI is InChI=1S/C59H66N2O/c1-15-16-17-18-23-45-28-26-40(3)50(36-45)61(52-38-48-47(35-43(52)6)58(11,12)30-31-59(48,13)14)54-34-39(2)33-53(44(54)7)60(51-37-46(57(8,9)10)29-27-41(51)4)49-24-21-25-55-56(49)42(5)22-19-20-32-62-55/h15-29,32-38H,1,5,30-31H2,2-4,6-14H3/b17-16-,22-19-,23-18?,32-20-. The van der Waals surface area contributed by atoms with Crippen molar-refractivity contribution in [3.8, 4) is 5.75 Å². The Kier molecular flexibility index (Phi) is 12.1. The summed E-state index contributed by atoms with van der Waals surface area (Å²) in [6, 6.07) is 29.9. The maximum atomic E-state index is 6.31. The quantitative estimate of drug-likeness (QED) is 0.138. The van der Waals surface area contributed by atoms with Gasteiger partial charge in [0.2, 0.25) is 0 Å². The molecule has 5 aromatic carbocycles. The smallest absolute Gasteiger partial charge is 0.136 e. The molecule has 318 valence electrons. The monoisotopic (exact) mass is 819 g/mol. The van der Waals surface area contributed by atoms with Crippen LogP contribution in [0.4, 0.5) is 34.1 Å². The lowest BCUT2D eigenvalue weighted by Crippen LogP contribution is -2.34. The molecule has 3 nitrogen and oxygen atoms in total. The van der Waals surface area contributed by atoms with Crippen molar-refractivity contribution in [1.82, 2.24) is 0 Å². The highest BCUT2D eigenvalue weighted by Crippen LogP contribution is 2.53. The van der Waals surface area contributed by atoms with Gasteiger partial charge in [-0.05, 0) is 168 Å². The summed E-state index contributed by atoms with van der Waals surface area (Å²) in [7, 11) is 0. The van der Waals surface area contributed by atoms with E-state index in [-0.39, 0.29) is 16.2 Å². The zero-order valence-corrected chi connectivity index (χ0v) is 39.3. The van der Waals surface area contributed by atoms with Gasteiger partial charge in [-0.2, -0.15) is 0 Å². The Morgan fingerprint density at radius 3 is 1.90 bits per heavy atom. The molecule has 0 spiro atoms. The molecule has 0 saturated carbocycles. The molecule has 2 aliphatic rings. The maximum absolute atomic E-state index is 6.31. The van der Waals surface area contributed by atoms with E-state index in [0.29, 0.717) is 0 Å². The van der Waals surface area contributed by atoms with Gasteiger partial charge in [-0.25, -0.2) is 0 Å². The first-order valence-electron chi connectivity index (χ1n) is 22.2. The van der Waals surface area contributed by atoms with Crippen LogP contribution in [-0.4, -0.2) is 0 Å². The summed E-state index contributed by atoms with van der Waals surface area (Å²) in [5.74, 6) is 0.772. The van der Waals surface area contributed by atoms with Gasteiger partial charge in [0.25, 0.3) is 0 Å². The summed E-state index contributed by atoms with van der Waals surface area (Å²) in [4.78, 5) is 5.01. The van der Waals surface area contributed by atoms with Crippen LogP contribution in [0, 0.1) is 34.6 Å². The van der Waals surface area contributed by atoms with Crippen molar-refractivity contribution < 1.29 is 4.74 Å². The third-order valence-electron chi connectivity index (χ3n) is 13.1. The van der Waals surface area contributed by atoms with Crippen LogP contribution in [0.1, 0.15) is 117 Å². The number of rotatable bonds is 9. The van der Waals surface area contributed by atoms with Crippen LogP contribution < -0.4 is 14.5 Å². The van der Waals surface area contributed by atoms with Gasteiger partial charge in [0, 0.05) is 22.6 Å². The van der Waals surface area contributed by atoms with Crippen molar-refractivity contribution in [2.75, 3.05) is 9.80 Å². The van der Waals surface area contributed by atoms with Crippen LogP contribution in [0.2, 0.25) is 0 Å². The van der Waals surface area contributed by atoms with E-state index in [2.05, 4.69) is 197 Å². The first kappa shape index (κ1) is 44.0. The number of aryl methyl sites for hydroxylation is 4. The molecule has 0 N–H and O–H groups in total. The minimum atomic E-state index is -0.0612. The van der Waals surface area contributed by atoms with Gasteiger partial charge >= 0.3 is 0 Å². The Morgan fingerprint density at radius 1 is 0.629 bits per heavy atom.